The van der Waals surface area contributed by atoms with Gasteiger partial charge in [-0.05, 0) is 30.2 Å². The third-order valence-corrected chi connectivity index (χ3v) is 2.68. The number of aromatic nitrogens is 1. The smallest absolute Gasteiger partial charge is 0.132 e. The summed E-state index contributed by atoms with van der Waals surface area (Å²) in [6.45, 7) is 1.95. The molecule has 0 amide bonds. The quantitative estimate of drug-likeness (QED) is 0.808. The average Bonchev–Trinajstić information content (AvgIpc) is 2.23. The minimum Gasteiger partial charge on any atom is -0.383 e. The van der Waals surface area contributed by atoms with Gasteiger partial charge in [-0.1, -0.05) is 18.5 Å². The molecule has 0 aliphatic carbocycles. The molecule has 2 aromatic rings. The SMILES string of the molecule is CCc1cc2c(F)ccc(Cl)c2nc1N. The molecule has 2 rings (SSSR count). The second-order valence-corrected chi connectivity index (χ2v) is 3.72. The van der Waals surface area contributed by atoms with Gasteiger partial charge in [-0.3, -0.25) is 0 Å². The van der Waals surface area contributed by atoms with Crippen LogP contribution in [0.5, 0.6) is 0 Å². The summed E-state index contributed by atoms with van der Waals surface area (Å²) >= 11 is 5.91. The number of rotatable bonds is 1. The first-order chi connectivity index (χ1) is 7.13. The summed E-state index contributed by atoms with van der Waals surface area (Å²) in [7, 11) is 0. The van der Waals surface area contributed by atoms with Crippen molar-refractivity contribution in [2.45, 2.75) is 13.3 Å². The Hall–Kier alpha value is -1.35. The summed E-state index contributed by atoms with van der Waals surface area (Å²) in [4.78, 5) is 4.11. The van der Waals surface area contributed by atoms with Gasteiger partial charge < -0.3 is 5.73 Å². The molecule has 0 saturated heterocycles. The van der Waals surface area contributed by atoms with E-state index in [0.717, 1.165) is 12.0 Å². The van der Waals surface area contributed by atoms with E-state index >= 15 is 0 Å². The van der Waals surface area contributed by atoms with Crippen molar-refractivity contribution >= 4 is 28.3 Å². The lowest BCUT2D eigenvalue weighted by molar-refractivity contribution is 0.639. The number of anilines is 1. The number of pyridine rings is 1. The molecule has 0 bridgehead atoms. The van der Waals surface area contributed by atoms with Crippen LogP contribution in [0.4, 0.5) is 10.2 Å². The molecule has 0 aliphatic heterocycles. The maximum atomic E-state index is 13.5. The molecule has 4 heteroatoms. The molecule has 0 saturated carbocycles. The fraction of sp³-hybridized carbons (Fsp3) is 0.182. The van der Waals surface area contributed by atoms with E-state index in [2.05, 4.69) is 4.98 Å². The number of hydrogen-bond acceptors (Lipinski definition) is 2. The fourth-order valence-electron chi connectivity index (χ4n) is 1.53. The van der Waals surface area contributed by atoms with Crippen LogP contribution in [0.3, 0.4) is 0 Å². The highest BCUT2D eigenvalue weighted by molar-refractivity contribution is 6.35. The fourth-order valence-corrected chi connectivity index (χ4v) is 1.74. The predicted molar refractivity (Wildman–Crippen MR) is 60.5 cm³/mol. The van der Waals surface area contributed by atoms with Gasteiger partial charge in [-0.15, -0.1) is 0 Å². The molecule has 2 nitrogen and oxygen atoms in total. The van der Waals surface area contributed by atoms with Gasteiger partial charge in [-0.2, -0.15) is 0 Å². The van der Waals surface area contributed by atoms with Gasteiger partial charge >= 0.3 is 0 Å². The van der Waals surface area contributed by atoms with Gasteiger partial charge in [0.05, 0.1) is 10.5 Å². The summed E-state index contributed by atoms with van der Waals surface area (Å²) in [5.74, 6) is 0.0918. The normalized spacial score (nSPS) is 10.9. The summed E-state index contributed by atoms with van der Waals surface area (Å²) < 4.78 is 13.5. The molecule has 1 aromatic heterocycles. The zero-order valence-electron chi connectivity index (χ0n) is 8.22. The Bertz CT molecular complexity index is 525. The van der Waals surface area contributed by atoms with Gasteiger partial charge in [0.15, 0.2) is 0 Å². The monoisotopic (exact) mass is 224 g/mol. The van der Waals surface area contributed by atoms with Gasteiger partial charge in [0.2, 0.25) is 0 Å². The molecule has 0 fully saturated rings. The number of fused-ring (bicyclic) bond motifs is 1. The zero-order valence-corrected chi connectivity index (χ0v) is 8.98. The number of benzene rings is 1. The second kappa shape index (κ2) is 3.66. The molecule has 1 heterocycles. The minimum absolute atomic E-state index is 0.323. The van der Waals surface area contributed by atoms with Crippen LogP contribution in [0, 0.1) is 5.82 Å². The van der Waals surface area contributed by atoms with E-state index in [1.54, 1.807) is 6.07 Å². The first-order valence-corrected chi connectivity index (χ1v) is 5.04. The lowest BCUT2D eigenvalue weighted by Crippen LogP contribution is -1.98. The van der Waals surface area contributed by atoms with E-state index in [9.17, 15) is 4.39 Å². The summed E-state index contributed by atoms with van der Waals surface area (Å²) in [6.07, 6.45) is 0.723. The second-order valence-electron chi connectivity index (χ2n) is 3.31. The van der Waals surface area contributed by atoms with Crippen molar-refractivity contribution < 1.29 is 4.39 Å². The molecule has 0 spiro atoms. The van der Waals surface area contributed by atoms with Crippen LogP contribution in [0.25, 0.3) is 10.9 Å². The van der Waals surface area contributed by atoms with Crippen LogP contribution in [-0.4, -0.2) is 4.98 Å². The Kier molecular flexibility index (Phi) is 2.49. The highest BCUT2D eigenvalue weighted by Crippen LogP contribution is 2.27. The predicted octanol–water partition coefficient (Wildman–Crippen LogP) is 3.17. The molecule has 0 aliphatic rings. The van der Waals surface area contributed by atoms with Crippen LogP contribution in [-0.2, 0) is 6.42 Å². The summed E-state index contributed by atoms with van der Waals surface area (Å²) in [5, 5.41) is 0.842. The molecule has 0 unspecified atom stereocenters. The first-order valence-electron chi connectivity index (χ1n) is 4.66. The molecule has 2 N–H and O–H groups in total. The van der Waals surface area contributed by atoms with Crippen molar-refractivity contribution in [3.63, 3.8) is 0 Å². The van der Waals surface area contributed by atoms with Crippen LogP contribution >= 0.6 is 11.6 Å². The van der Waals surface area contributed by atoms with Crippen molar-refractivity contribution in [3.8, 4) is 0 Å². The topological polar surface area (TPSA) is 38.9 Å². The average molecular weight is 225 g/mol. The first kappa shape index (κ1) is 10.2. The van der Waals surface area contributed by atoms with Gasteiger partial charge in [0.25, 0.3) is 0 Å². The van der Waals surface area contributed by atoms with E-state index in [0.29, 0.717) is 21.7 Å². The number of aryl methyl sites for hydroxylation is 1. The number of nitrogen functional groups attached to an aromatic ring is 1. The summed E-state index contributed by atoms with van der Waals surface area (Å²) in [6, 6.07) is 4.53. The standard InChI is InChI=1S/C11H10ClFN2/c1-2-6-5-7-9(13)4-3-8(12)10(7)15-11(6)14/h3-5H,2H2,1H3,(H2,14,15). The van der Waals surface area contributed by atoms with Crippen LogP contribution in [0.1, 0.15) is 12.5 Å². The minimum atomic E-state index is -0.323. The number of hydrogen-bond donors (Lipinski definition) is 1. The van der Waals surface area contributed by atoms with Gasteiger partial charge in [0, 0.05) is 5.39 Å². The number of nitrogens with zero attached hydrogens (tertiary/aromatic N) is 1. The molecular weight excluding hydrogens is 215 g/mol. The summed E-state index contributed by atoms with van der Waals surface area (Å²) in [5.41, 5.74) is 6.98. The Balaban J connectivity index is 2.86. The van der Waals surface area contributed by atoms with E-state index in [1.165, 1.54) is 12.1 Å². The van der Waals surface area contributed by atoms with Crippen molar-refractivity contribution in [1.82, 2.24) is 4.98 Å². The Labute approximate surface area is 91.9 Å². The molecule has 78 valence electrons. The highest BCUT2D eigenvalue weighted by Gasteiger charge is 2.09. The largest absolute Gasteiger partial charge is 0.383 e. The maximum absolute atomic E-state index is 13.5. The third-order valence-electron chi connectivity index (χ3n) is 2.38. The van der Waals surface area contributed by atoms with Gasteiger partial charge in [0.1, 0.15) is 11.6 Å². The Morgan fingerprint density at radius 3 is 2.87 bits per heavy atom. The molecule has 1 aromatic carbocycles. The zero-order chi connectivity index (χ0) is 11.0. The third kappa shape index (κ3) is 1.63. The lowest BCUT2D eigenvalue weighted by atomic mass is 10.1. The van der Waals surface area contributed by atoms with Crippen molar-refractivity contribution in [3.05, 3.63) is 34.6 Å². The lowest BCUT2D eigenvalue weighted by Gasteiger charge is -2.06. The van der Waals surface area contributed by atoms with E-state index in [4.69, 9.17) is 17.3 Å². The highest BCUT2D eigenvalue weighted by atomic mass is 35.5. The van der Waals surface area contributed by atoms with E-state index in [1.807, 2.05) is 6.92 Å². The molecule has 0 atom stereocenters. The Morgan fingerprint density at radius 1 is 1.47 bits per heavy atom. The molecule has 0 radical (unpaired) electrons. The molecular formula is C11H10ClFN2. The molecule has 15 heavy (non-hydrogen) atoms. The number of halogens is 2. The van der Waals surface area contributed by atoms with Gasteiger partial charge in [-0.25, -0.2) is 9.37 Å². The number of nitrogens with two attached hydrogens (primary N) is 1. The van der Waals surface area contributed by atoms with Crippen molar-refractivity contribution in [1.29, 1.82) is 0 Å². The van der Waals surface area contributed by atoms with Crippen molar-refractivity contribution in [2.24, 2.45) is 0 Å². The van der Waals surface area contributed by atoms with Crippen LogP contribution in [0.15, 0.2) is 18.2 Å². The van der Waals surface area contributed by atoms with Crippen LogP contribution < -0.4 is 5.73 Å². The van der Waals surface area contributed by atoms with E-state index < -0.39 is 0 Å². The van der Waals surface area contributed by atoms with Crippen molar-refractivity contribution in [2.75, 3.05) is 5.73 Å². The van der Waals surface area contributed by atoms with Crippen LogP contribution in [0.2, 0.25) is 5.02 Å². The Morgan fingerprint density at radius 2 is 2.20 bits per heavy atom. The van der Waals surface area contributed by atoms with E-state index in [-0.39, 0.29) is 5.82 Å². The maximum Gasteiger partial charge on any atom is 0.132 e.